The Labute approximate surface area is 192 Å². The fourth-order valence-corrected chi connectivity index (χ4v) is 5.18. The van der Waals surface area contributed by atoms with E-state index in [4.69, 9.17) is 4.98 Å². The van der Waals surface area contributed by atoms with Gasteiger partial charge in [0.25, 0.3) is 5.91 Å². The van der Waals surface area contributed by atoms with Gasteiger partial charge in [0.15, 0.2) is 5.13 Å². The van der Waals surface area contributed by atoms with E-state index in [1.807, 2.05) is 35.0 Å². The molecule has 0 spiro atoms. The standard InChI is InChI=1S/C26H26N4OS/c1-19-8-5-9-20(16-19)17-29-14-6-13-24(29)25(31)28-26-27-22(18-32-26)23-12-7-15-30(23)21-10-3-2-4-11-21/h2-6,8-11,13-14,16,18,23H,7,12,15,17H2,1H3,(H,27,28,31). The van der Waals surface area contributed by atoms with E-state index in [-0.39, 0.29) is 11.9 Å². The highest BCUT2D eigenvalue weighted by Gasteiger charge is 2.28. The van der Waals surface area contributed by atoms with Crippen LogP contribution in [0.1, 0.15) is 46.2 Å². The summed E-state index contributed by atoms with van der Waals surface area (Å²) in [4.78, 5) is 20.2. The van der Waals surface area contributed by atoms with E-state index in [1.165, 1.54) is 28.2 Å². The average Bonchev–Trinajstić information content (AvgIpc) is 3.55. The number of thiazole rings is 1. The molecule has 1 atom stereocenters. The van der Waals surface area contributed by atoms with Gasteiger partial charge in [-0.05, 0) is 49.6 Å². The Morgan fingerprint density at radius 3 is 2.84 bits per heavy atom. The summed E-state index contributed by atoms with van der Waals surface area (Å²) in [5.41, 5.74) is 5.28. The molecule has 0 saturated carbocycles. The number of aryl methyl sites for hydroxylation is 1. The zero-order valence-corrected chi connectivity index (χ0v) is 18.9. The van der Waals surface area contributed by atoms with Gasteiger partial charge in [-0.25, -0.2) is 4.98 Å². The predicted molar refractivity (Wildman–Crippen MR) is 131 cm³/mol. The van der Waals surface area contributed by atoms with Crippen LogP contribution in [0.15, 0.2) is 78.3 Å². The van der Waals surface area contributed by atoms with Gasteiger partial charge in [-0.3, -0.25) is 10.1 Å². The smallest absolute Gasteiger partial charge is 0.274 e. The minimum atomic E-state index is -0.130. The van der Waals surface area contributed by atoms with Gasteiger partial charge in [-0.1, -0.05) is 48.0 Å². The van der Waals surface area contributed by atoms with Crippen LogP contribution in [0.2, 0.25) is 0 Å². The minimum Gasteiger partial charge on any atom is -0.363 e. The maximum Gasteiger partial charge on any atom is 0.274 e. The molecule has 1 saturated heterocycles. The van der Waals surface area contributed by atoms with E-state index < -0.39 is 0 Å². The zero-order chi connectivity index (χ0) is 21.9. The normalized spacial score (nSPS) is 15.8. The molecule has 1 aliphatic rings. The molecular formula is C26H26N4OS. The van der Waals surface area contributed by atoms with Gasteiger partial charge in [0.2, 0.25) is 0 Å². The van der Waals surface area contributed by atoms with Crippen molar-refractivity contribution in [2.45, 2.75) is 32.4 Å². The number of amides is 1. The number of rotatable bonds is 6. The number of carbonyl (C=O) groups excluding carboxylic acids is 1. The number of carbonyl (C=O) groups is 1. The van der Waals surface area contributed by atoms with Crippen molar-refractivity contribution < 1.29 is 4.79 Å². The molecule has 0 aliphatic carbocycles. The fourth-order valence-electron chi connectivity index (χ4n) is 4.43. The SMILES string of the molecule is Cc1cccc(Cn2cccc2C(=O)Nc2nc(C3CCCN3c3ccccc3)cs2)c1. The maximum absolute atomic E-state index is 13.0. The van der Waals surface area contributed by atoms with E-state index >= 15 is 0 Å². The first-order valence-electron chi connectivity index (χ1n) is 11.0. The minimum absolute atomic E-state index is 0.130. The summed E-state index contributed by atoms with van der Waals surface area (Å²) in [6.45, 7) is 3.77. The number of nitrogens with zero attached hydrogens (tertiary/aromatic N) is 3. The van der Waals surface area contributed by atoms with Crippen molar-refractivity contribution in [3.8, 4) is 0 Å². The summed E-state index contributed by atoms with van der Waals surface area (Å²) in [6.07, 6.45) is 4.16. The highest BCUT2D eigenvalue weighted by Crippen LogP contribution is 2.37. The third-order valence-electron chi connectivity index (χ3n) is 5.92. The second-order valence-corrected chi connectivity index (χ2v) is 9.09. The topological polar surface area (TPSA) is 50.2 Å². The van der Waals surface area contributed by atoms with Crippen LogP contribution in [0.5, 0.6) is 0 Å². The molecule has 32 heavy (non-hydrogen) atoms. The average molecular weight is 443 g/mol. The first-order chi connectivity index (χ1) is 15.7. The van der Waals surface area contributed by atoms with Crippen molar-refractivity contribution in [2.24, 2.45) is 0 Å². The molecule has 2 aromatic carbocycles. The van der Waals surface area contributed by atoms with E-state index in [9.17, 15) is 4.79 Å². The number of hydrogen-bond acceptors (Lipinski definition) is 4. The van der Waals surface area contributed by atoms with E-state index in [2.05, 4.69) is 65.0 Å². The predicted octanol–water partition coefficient (Wildman–Crippen LogP) is 5.90. The molecule has 0 bridgehead atoms. The Bertz CT molecular complexity index is 1210. The van der Waals surface area contributed by atoms with Crippen LogP contribution in [0.3, 0.4) is 0 Å². The molecule has 5 nitrogen and oxygen atoms in total. The second kappa shape index (κ2) is 9.01. The summed E-state index contributed by atoms with van der Waals surface area (Å²) in [5.74, 6) is -0.130. The van der Waals surface area contributed by atoms with E-state index in [1.54, 1.807) is 0 Å². The number of nitrogens with one attached hydrogen (secondary N) is 1. The highest BCUT2D eigenvalue weighted by molar-refractivity contribution is 7.14. The quantitative estimate of drug-likeness (QED) is 0.405. The largest absolute Gasteiger partial charge is 0.363 e. The summed E-state index contributed by atoms with van der Waals surface area (Å²) in [5, 5.41) is 5.73. The Hall–Kier alpha value is -3.38. The van der Waals surface area contributed by atoms with Gasteiger partial charge in [-0.15, -0.1) is 11.3 Å². The summed E-state index contributed by atoms with van der Waals surface area (Å²) in [7, 11) is 0. The highest BCUT2D eigenvalue weighted by atomic mass is 32.1. The molecule has 1 N–H and O–H groups in total. The zero-order valence-electron chi connectivity index (χ0n) is 18.1. The van der Waals surface area contributed by atoms with Crippen molar-refractivity contribution in [1.82, 2.24) is 9.55 Å². The third kappa shape index (κ3) is 4.32. The number of aromatic nitrogens is 2. The van der Waals surface area contributed by atoms with Crippen LogP contribution in [0.25, 0.3) is 0 Å². The van der Waals surface area contributed by atoms with Crippen LogP contribution in [0.4, 0.5) is 10.8 Å². The number of benzene rings is 2. The van der Waals surface area contributed by atoms with Crippen LogP contribution in [-0.2, 0) is 6.54 Å². The summed E-state index contributed by atoms with van der Waals surface area (Å²) in [6, 6.07) is 22.9. The van der Waals surface area contributed by atoms with Gasteiger partial charge >= 0.3 is 0 Å². The van der Waals surface area contributed by atoms with Crippen LogP contribution >= 0.6 is 11.3 Å². The lowest BCUT2D eigenvalue weighted by atomic mass is 10.1. The molecule has 6 heteroatoms. The molecule has 1 fully saturated rings. The van der Waals surface area contributed by atoms with Gasteiger partial charge in [0, 0.05) is 30.4 Å². The molecule has 1 aliphatic heterocycles. The Kier molecular flexibility index (Phi) is 5.77. The molecular weight excluding hydrogens is 416 g/mol. The van der Waals surface area contributed by atoms with E-state index in [0.717, 1.165) is 25.1 Å². The van der Waals surface area contributed by atoms with Crippen molar-refractivity contribution in [3.63, 3.8) is 0 Å². The Morgan fingerprint density at radius 1 is 1.12 bits per heavy atom. The summed E-state index contributed by atoms with van der Waals surface area (Å²) >= 11 is 1.49. The van der Waals surface area contributed by atoms with Crippen LogP contribution in [-0.4, -0.2) is 22.0 Å². The molecule has 162 valence electrons. The molecule has 1 amide bonds. The second-order valence-electron chi connectivity index (χ2n) is 8.23. The maximum atomic E-state index is 13.0. The van der Waals surface area contributed by atoms with Crippen LogP contribution in [0, 0.1) is 6.92 Å². The van der Waals surface area contributed by atoms with E-state index in [0.29, 0.717) is 17.4 Å². The van der Waals surface area contributed by atoms with Gasteiger partial charge < -0.3 is 9.47 Å². The Balaban J connectivity index is 1.29. The van der Waals surface area contributed by atoms with Crippen molar-refractivity contribution in [1.29, 1.82) is 0 Å². The lowest BCUT2D eigenvalue weighted by Gasteiger charge is -2.25. The van der Waals surface area contributed by atoms with Gasteiger partial charge in [0.1, 0.15) is 5.69 Å². The fraction of sp³-hybridized carbons (Fsp3) is 0.231. The molecule has 5 rings (SSSR count). The number of para-hydroxylation sites is 1. The monoisotopic (exact) mass is 442 g/mol. The lowest BCUT2D eigenvalue weighted by Crippen LogP contribution is -2.22. The van der Waals surface area contributed by atoms with Gasteiger partial charge in [0.05, 0.1) is 11.7 Å². The first-order valence-corrected chi connectivity index (χ1v) is 11.8. The van der Waals surface area contributed by atoms with Crippen LogP contribution < -0.4 is 10.2 Å². The molecule has 4 aromatic rings. The molecule has 0 radical (unpaired) electrons. The van der Waals surface area contributed by atoms with Crippen molar-refractivity contribution >= 4 is 28.1 Å². The Morgan fingerprint density at radius 2 is 2.00 bits per heavy atom. The lowest BCUT2D eigenvalue weighted by molar-refractivity contribution is 0.101. The third-order valence-corrected chi connectivity index (χ3v) is 6.70. The molecule has 1 unspecified atom stereocenters. The first kappa shape index (κ1) is 20.5. The van der Waals surface area contributed by atoms with Crippen molar-refractivity contribution in [2.75, 3.05) is 16.8 Å². The van der Waals surface area contributed by atoms with Gasteiger partial charge in [-0.2, -0.15) is 0 Å². The number of anilines is 2. The van der Waals surface area contributed by atoms with Crippen molar-refractivity contribution in [3.05, 3.63) is 101 Å². The summed E-state index contributed by atoms with van der Waals surface area (Å²) < 4.78 is 1.98. The molecule has 2 aromatic heterocycles. The number of hydrogen-bond donors (Lipinski definition) is 1. The molecule has 3 heterocycles.